The lowest BCUT2D eigenvalue weighted by atomic mass is 10.9. The van der Waals surface area contributed by atoms with Crippen molar-refractivity contribution >= 4 is 23.8 Å². The summed E-state index contributed by atoms with van der Waals surface area (Å²) in [4.78, 5) is 0. The monoisotopic (exact) mass is 397 g/mol. The van der Waals surface area contributed by atoms with Crippen molar-refractivity contribution < 1.29 is 26.6 Å². The molecule has 0 spiro atoms. The van der Waals surface area contributed by atoms with Gasteiger partial charge in [-0.25, -0.2) is 0 Å². The zero-order chi connectivity index (χ0) is 18.7. The molecule has 0 saturated carbocycles. The van der Waals surface area contributed by atoms with Gasteiger partial charge in [0.15, 0.2) is 0 Å². The van der Waals surface area contributed by atoms with Crippen LogP contribution in [0.2, 0.25) is 12.6 Å². The highest BCUT2D eigenvalue weighted by atomic mass is 29.7. The molecule has 0 aromatic carbocycles. The Balaban J connectivity index is 6.30. The molecule has 0 amide bonds. The minimum atomic E-state index is -3.03. The van der Waals surface area contributed by atoms with Crippen LogP contribution in [-0.4, -0.2) is 63.4 Å². The molecule has 6 nitrogen and oxygen atoms in total. The summed E-state index contributed by atoms with van der Waals surface area (Å²) >= 11 is 0. The first kappa shape index (κ1) is 24.4. The molecule has 0 bridgehead atoms. The van der Waals surface area contributed by atoms with Crippen molar-refractivity contribution in [1.82, 2.24) is 0 Å². The minimum absolute atomic E-state index is 0.518. The van der Waals surface area contributed by atoms with Crippen molar-refractivity contribution in [3.05, 3.63) is 6.92 Å². The molecule has 0 rings (SSSR count). The predicted molar refractivity (Wildman–Crippen MR) is 103 cm³/mol. The van der Waals surface area contributed by atoms with E-state index in [0.717, 1.165) is 0 Å². The van der Waals surface area contributed by atoms with E-state index < -0.39 is 23.8 Å². The highest BCUT2D eigenvalue weighted by Crippen LogP contribution is 2.37. The zero-order valence-corrected chi connectivity index (χ0v) is 19.6. The van der Waals surface area contributed by atoms with Gasteiger partial charge in [0, 0.05) is 39.6 Å². The van der Waals surface area contributed by atoms with Gasteiger partial charge in [0.25, 0.3) is 0 Å². The molecule has 0 atom stereocenters. The maximum absolute atomic E-state index is 6.22. The number of hydrogen-bond acceptors (Lipinski definition) is 6. The van der Waals surface area contributed by atoms with E-state index in [1.807, 2.05) is 41.5 Å². The van der Waals surface area contributed by atoms with Gasteiger partial charge in [-0.2, -0.15) is 0 Å². The Morgan fingerprint density at radius 1 is 0.542 bits per heavy atom. The van der Waals surface area contributed by atoms with Gasteiger partial charge in [-0.3, -0.25) is 0 Å². The molecule has 0 unspecified atom stereocenters. The molecule has 0 aromatic rings. The van der Waals surface area contributed by atoms with E-state index in [1.54, 1.807) is 0 Å². The summed E-state index contributed by atoms with van der Waals surface area (Å²) in [6.07, 6.45) is 0. The number of hydrogen-bond donors (Lipinski definition) is 0. The van der Waals surface area contributed by atoms with Gasteiger partial charge in [-0.05, 0) is 47.6 Å². The standard InChI is InChI=1S/C15H37O6Si3/c1-9-16-23(17-10-2,18-11-3)22(8,15-7)24(19-12-4,20-13-5)21-14-6/h7,9-15H2,1-6,8H3. The van der Waals surface area contributed by atoms with Gasteiger partial charge in [-0.15, -0.1) is 0 Å². The van der Waals surface area contributed by atoms with Crippen LogP contribution >= 0.6 is 0 Å². The molecule has 145 valence electrons. The zero-order valence-electron chi connectivity index (χ0n) is 16.6. The predicted octanol–water partition coefficient (Wildman–Crippen LogP) is 3.15. The highest BCUT2D eigenvalue weighted by molar-refractivity contribution is 7.62. The highest BCUT2D eigenvalue weighted by Gasteiger charge is 2.75. The normalized spacial score (nSPS) is 13.5. The van der Waals surface area contributed by atoms with Crippen LogP contribution < -0.4 is 0 Å². The Morgan fingerprint density at radius 2 is 0.750 bits per heavy atom. The van der Waals surface area contributed by atoms with Crippen LogP contribution in [0.3, 0.4) is 0 Å². The first-order chi connectivity index (χ1) is 11.4. The van der Waals surface area contributed by atoms with Crippen molar-refractivity contribution in [3.8, 4) is 0 Å². The second-order valence-corrected chi connectivity index (χ2v) is 24.2. The Morgan fingerprint density at radius 3 is 0.875 bits per heavy atom. The lowest BCUT2D eigenvalue weighted by molar-refractivity contribution is 0.0765. The minimum Gasteiger partial charge on any atom is -0.377 e. The summed E-state index contributed by atoms with van der Waals surface area (Å²) in [7, 11) is -8.64. The fourth-order valence-electron chi connectivity index (χ4n) is 2.84. The molecule has 24 heavy (non-hydrogen) atoms. The van der Waals surface area contributed by atoms with E-state index in [2.05, 4.69) is 13.5 Å². The van der Waals surface area contributed by atoms with Gasteiger partial charge in [0.2, 0.25) is 7.11 Å². The Labute approximate surface area is 151 Å². The molecule has 9 heteroatoms. The largest absolute Gasteiger partial charge is 0.476 e. The molecule has 0 aliphatic rings. The van der Waals surface area contributed by atoms with E-state index in [1.165, 1.54) is 0 Å². The average Bonchev–Trinajstić information content (AvgIpc) is 2.55. The molecule has 0 N–H and O–H groups in total. The van der Waals surface area contributed by atoms with Crippen LogP contribution in [0.25, 0.3) is 0 Å². The second kappa shape index (κ2) is 11.9. The van der Waals surface area contributed by atoms with Crippen LogP contribution in [0, 0.1) is 6.92 Å². The maximum atomic E-state index is 6.22. The van der Waals surface area contributed by atoms with Crippen molar-refractivity contribution in [2.24, 2.45) is 0 Å². The van der Waals surface area contributed by atoms with E-state index in [4.69, 9.17) is 26.6 Å². The third-order valence-electron chi connectivity index (χ3n) is 3.86. The Bertz CT molecular complexity index is 272. The molecule has 1 radical (unpaired) electrons. The molecule has 0 fully saturated rings. The Kier molecular flexibility index (Phi) is 12.1. The van der Waals surface area contributed by atoms with E-state index in [0.29, 0.717) is 45.7 Å². The third-order valence-corrected chi connectivity index (χ3v) is 29.3. The lowest BCUT2D eigenvalue weighted by Crippen LogP contribution is -2.82. The summed E-state index contributed by atoms with van der Waals surface area (Å²) in [5, 5.41) is 0. The first-order valence-corrected chi connectivity index (χ1v) is 17.2. The van der Waals surface area contributed by atoms with Gasteiger partial charge in [-0.1, -0.05) is 13.5 Å². The molecule has 0 aliphatic heterocycles. The van der Waals surface area contributed by atoms with Crippen LogP contribution in [0.1, 0.15) is 41.5 Å². The van der Waals surface area contributed by atoms with Gasteiger partial charge >= 0.3 is 16.6 Å². The molecule has 0 heterocycles. The van der Waals surface area contributed by atoms with Crippen molar-refractivity contribution in [2.75, 3.05) is 39.6 Å². The van der Waals surface area contributed by atoms with Crippen molar-refractivity contribution in [3.63, 3.8) is 0 Å². The SMILES string of the molecule is [CH2]C[Si](C)([Si](OCC)(OCC)OCC)[Si](OCC)(OCC)OCC. The van der Waals surface area contributed by atoms with Crippen LogP contribution in [0.4, 0.5) is 0 Å². The number of rotatable bonds is 15. The van der Waals surface area contributed by atoms with Gasteiger partial charge in [0.05, 0.1) is 0 Å². The summed E-state index contributed by atoms with van der Waals surface area (Å²) in [6, 6.07) is 0.617. The second-order valence-electron chi connectivity index (χ2n) is 5.29. The molecular formula is C15H37O6Si3. The van der Waals surface area contributed by atoms with Gasteiger partial charge in [0.1, 0.15) is 0 Å². The van der Waals surface area contributed by atoms with E-state index in [9.17, 15) is 0 Å². The third kappa shape index (κ3) is 4.98. The van der Waals surface area contributed by atoms with Crippen LogP contribution in [0.15, 0.2) is 0 Å². The van der Waals surface area contributed by atoms with Crippen molar-refractivity contribution in [2.45, 2.75) is 54.1 Å². The fourth-order valence-corrected chi connectivity index (χ4v) is 27.1. The average molecular weight is 398 g/mol. The molecule has 0 saturated heterocycles. The summed E-state index contributed by atoms with van der Waals surface area (Å²) < 4.78 is 37.3. The fraction of sp³-hybridized carbons (Fsp3) is 0.933. The topological polar surface area (TPSA) is 55.4 Å². The van der Waals surface area contributed by atoms with Crippen molar-refractivity contribution in [1.29, 1.82) is 0 Å². The quantitative estimate of drug-likeness (QED) is 0.396. The van der Waals surface area contributed by atoms with E-state index >= 15 is 0 Å². The smallest absolute Gasteiger partial charge is 0.377 e. The lowest BCUT2D eigenvalue weighted by Gasteiger charge is -2.48. The Hall–Kier alpha value is 0.411. The van der Waals surface area contributed by atoms with E-state index in [-0.39, 0.29) is 0 Å². The summed E-state index contributed by atoms with van der Waals surface area (Å²) in [6.45, 7) is 21.3. The summed E-state index contributed by atoms with van der Waals surface area (Å²) in [5.74, 6) is 0. The van der Waals surface area contributed by atoms with Crippen LogP contribution in [-0.2, 0) is 26.6 Å². The molecular weight excluding hydrogens is 360 g/mol. The molecule has 0 aliphatic carbocycles. The first-order valence-electron chi connectivity index (χ1n) is 9.05. The molecule has 0 aromatic heterocycles. The van der Waals surface area contributed by atoms with Crippen LogP contribution in [0.5, 0.6) is 0 Å². The maximum Gasteiger partial charge on any atom is 0.476 e. The summed E-state index contributed by atoms with van der Waals surface area (Å²) in [5.41, 5.74) is 0. The van der Waals surface area contributed by atoms with Gasteiger partial charge < -0.3 is 26.6 Å².